The molecule has 8 heteroatoms. The number of fused-ring (bicyclic) bond motifs is 4. The molecule has 0 radical (unpaired) electrons. The third-order valence-corrected chi connectivity index (χ3v) is 6.77. The van der Waals surface area contributed by atoms with Crippen molar-refractivity contribution < 1.29 is 9.90 Å². The van der Waals surface area contributed by atoms with Gasteiger partial charge in [0.15, 0.2) is 0 Å². The minimum absolute atomic E-state index is 0.144. The minimum Gasteiger partial charge on any atom is -0.478 e. The van der Waals surface area contributed by atoms with E-state index in [1.165, 1.54) is 17.0 Å². The summed E-state index contributed by atoms with van der Waals surface area (Å²) in [6.45, 7) is 3.69. The molecule has 0 amide bonds. The fourth-order valence-electron chi connectivity index (χ4n) is 4.94. The summed E-state index contributed by atoms with van der Waals surface area (Å²) in [6.07, 6.45) is 1.53. The van der Waals surface area contributed by atoms with Crippen LogP contribution >= 0.6 is 0 Å². The lowest BCUT2D eigenvalue weighted by Gasteiger charge is -2.15. The molecule has 0 aliphatic carbocycles. The highest BCUT2D eigenvalue weighted by molar-refractivity contribution is 6.16. The van der Waals surface area contributed by atoms with E-state index in [4.69, 9.17) is 4.98 Å². The highest BCUT2D eigenvalue weighted by Gasteiger charge is 2.21. The molecule has 2 N–H and O–H groups in total. The molecule has 3 aromatic carbocycles. The van der Waals surface area contributed by atoms with Crippen LogP contribution in [-0.4, -0.2) is 30.6 Å². The molecule has 37 heavy (non-hydrogen) atoms. The van der Waals surface area contributed by atoms with Crippen LogP contribution in [0.2, 0.25) is 0 Å². The lowest BCUT2D eigenvalue weighted by Crippen LogP contribution is -2.19. The zero-order chi connectivity index (χ0) is 25.8. The van der Waals surface area contributed by atoms with Gasteiger partial charge in [0.05, 0.1) is 44.6 Å². The van der Waals surface area contributed by atoms with Crippen molar-refractivity contribution in [3.63, 3.8) is 0 Å². The van der Waals surface area contributed by atoms with E-state index in [1.807, 2.05) is 37.3 Å². The predicted molar refractivity (Wildman–Crippen MR) is 141 cm³/mol. The lowest BCUT2D eigenvalue weighted by atomic mass is 9.97. The number of aromatic carboxylic acids is 1. The van der Waals surface area contributed by atoms with Crippen LogP contribution < -0.4 is 5.56 Å². The van der Waals surface area contributed by atoms with Crippen LogP contribution in [0.3, 0.4) is 0 Å². The molecule has 0 fully saturated rings. The molecule has 0 aliphatic heterocycles. The summed E-state index contributed by atoms with van der Waals surface area (Å²) in [5.74, 6) is -1.03. The largest absolute Gasteiger partial charge is 0.478 e. The van der Waals surface area contributed by atoms with Crippen molar-refractivity contribution in [2.45, 2.75) is 13.8 Å². The van der Waals surface area contributed by atoms with E-state index in [9.17, 15) is 20.0 Å². The number of aryl methyl sites for hydroxylation is 1. The molecule has 6 aromatic rings. The Labute approximate surface area is 210 Å². The summed E-state index contributed by atoms with van der Waals surface area (Å²) in [7, 11) is 0. The number of hydrogen-bond acceptors (Lipinski definition) is 5. The van der Waals surface area contributed by atoms with Crippen molar-refractivity contribution >= 4 is 38.7 Å². The number of hydrogen-bond donors (Lipinski definition) is 2. The average molecular weight is 486 g/mol. The van der Waals surface area contributed by atoms with Crippen molar-refractivity contribution in [3.05, 3.63) is 99.7 Å². The topological polar surface area (TPSA) is 125 Å². The molecular formula is C29H19N5O3. The Morgan fingerprint density at radius 3 is 2.65 bits per heavy atom. The van der Waals surface area contributed by atoms with E-state index in [1.54, 1.807) is 31.2 Å². The van der Waals surface area contributed by atoms with Gasteiger partial charge in [-0.15, -0.1) is 0 Å². The molecule has 0 bridgehead atoms. The number of carboxylic acid groups (broad SMARTS) is 1. The third-order valence-electron chi connectivity index (χ3n) is 6.77. The lowest BCUT2D eigenvalue weighted by molar-refractivity contribution is 0.0697. The van der Waals surface area contributed by atoms with Gasteiger partial charge in [0.25, 0.3) is 5.56 Å². The van der Waals surface area contributed by atoms with Gasteiger partial charge in [-0.3, -0.25) is 14.3 Å². The molecule has 8 nitrogen and oxygen atoms in total. The van der Waals surface area contributed by atoms with Crippen LogP contribution in [0, 0.1) is 25.2 Å². The number of carboxylic acids is 1. The van der Waals surface area contributed by atoms with Crippen molar-refractivity contribution in [2.24, 2.45) is 0 Å². The van der Waals surface area contributed by atoms with E-state index in [2.05, 4.69) is 16.0 Å². The van der Waals surface area contributed by atoms with E-state index in [0.29, 0.717) is 44.6 Å². The summed E-state index contributed by atoms with van der Waals surface area (Å²) in [5, 5.41) is 21.3. The molecule has 0 spiro atoms. The molecule has 178 valence electrons. The van der Waals surface area contributed by atoms with Crippen molar-refractivity contribution in [1.82, 2.24) is 19.5 Å². The van der Waals surface area contributed by atoms with Crippen molar-refractivity contribution in [2.75, 3.05) is 0 Å². The Balaban J connectivity index is 1.66. The second-order valence-corrected chi connectivity index (χ2v) is 8.86. The fourth-order valence-corrected chi connectivity index (χ4v) is 4.94. The Morgan fingerprint density at radius 2 is 1.86 bits per heavy atom. The van der Waals surface area contributed by atoms with Gasteiger partial charge < -0.3 is 10.1 Å². The number of aromatic amines is 1. The van der Waals surface area contributed by atoms with Gasteiger partial charge in [0, 0.05) is 21.9 Å². The SMILES string of the molecule is Cc1nc(-c2cccc(-n3cnc4ccccc4c3=O)c2C)c2c([nH]c3cc(C(=O)O)ccc32)c1C#N. The predicted octanol–water partition coefficient (Wildman–Crippen LogP) is 5.27. The maximum Gasteiger partial charge on any atom is 0.335 e. The van der Waals surface area contributed by atoms with Gasteiger partial charge in [-0.1, -0.05) is 30.3 Å². The molecule has 3 heterocycles. The smallest absolute Gasteiger partial charge is 0.335 e. The highest BCUT2D eigenvalue weighted by Crippen LogP contribution is 2.38. The number of nitrogens with zero attached hydrogens (tertiary/aromatic N) is 4. The maximum absolute atomic E-state index is 13.3. The third kappa shape index (κ3) is 3.29. The molecule has 0 saturated heterocycles. The van der Waals surface area contributed by atoms with Gasteiger partial charge in [0.2, 0.25) is 0 Å². The van der Waals surface area contributed by atoms with Crippen LogP contribution in [-0.2, 0) is 0 Å². The molecule has 0 saturated carbocycles. The normalized spacial score (nSPS) is 11.3. The second-order valence-electron chi connectivity index (χ2n) is 8.86. The van der Waals surface area contributed by atoms with Gasteiger partial charge in [0.1, 0.15) is 12.4 Å². The van der Waals surface area contributed by atoms with Gasteiger partial charge in [-0.05, 0) is 49.7 Å². The summed E-state index contributed by atoms with van der Waals surface area (Å²) in [5.41, 5.74) is 5.66. The van der Waals surface area contributed by atoms with Crippen molar-refractivity contribution in [3.8, 4) is 23.0 Å². The van der Waals surface area contributed by atoms with Crippen LogP contribution in [0.25, 0.3) is 49.7 Å². The standard InChI is InChI=1S/C29H19N5O3/c1-15-18(7-5-9-24(15)34-14-31-22-8-4-3-6-20(22)28(34)35)26-25-19-11-10-17(29(36)37)12-23(19)33-27(25)21(13-30)16(2)32-26/h3-12,14,33H,1-2H3,(H,36,37). The monoisotopic (exact) mass is 485 g/mol. The number of nitriles is 1. The Hall–Kier alpha value is -5.29. The van der Waals surface area contributed by atoms with E-state index in [0.717, 1.165) is 21.9 Å². The molecule has 3 aromatic heterocycles. The Kier molecular flexibility index (Phi) is 4.88. The number of para-hydroxylation sites is 1. The van der Waals surface area contributed by atoms with Crippen LogP contribution in [0.4, 0.5) is 0 Å². The fraction of sp³-hybridized carbons (Fsp3) is 0.0690. The minimum atomic E-state index is -1.03. The summed E-state index contributed by atoms with van der Waals surface area (Å²) in [4.78, 5) is 37.4. The maximum atomic E-state index is 13.3. The number of carbonyl (C=O) groups is 1. The van der Waals surface area contributed by atoms with Crippen LogP contribution in [0.5, 0.6) is 0 Å². The second kappa shape index (κ2) is 8.14. The molecule has 0 atom stereocenters. The van der Waals surface area contributed by atoms with E-state index >= 15 is 0 Å². The van der Waals surface area contributed by atoms with Crippen LogP contribution in [0.15, 0.2) is 71.8 Å². The summed E-state index contributed by atoms with van der Waals surface area (Å²) >= 11 is 0. The number of rotatable bonds is 3. The van der Waals surface area contributed by atoms with E-state index < -0.39 is 5.97 Å². The quantitative estimate of drug-likeness (QED) is 0.352. The number of aromatic nitrogens is 4. The van der Waals surface area contributed by atoms with Gasteiger partial charge in [-0.2, -0.15) is 5.26 Å². The molecular weight excluding hydrogens is 466 g/mol. The van der Waals surface area contributed by atoms with Crippen molar-refractivity contribution in [1.29, 1.82) is 5.26 Å². The Morgan fingerprint density at radius 1 is 1.05 bits per heavy atom. The number of pyridine rings is 1. The van der Waals surface area contributed by atoms with Gasteiger partial charge >= 0.3 is 5.97 Å². The Bertz CT molecular complexity index is 2030. The molecule has 0 aliphatic rings. The summed E-state index contributed by atoms with van der Waals surface area (Å²) < 4.78 is 1.53. The first-order valence-corrected chi connectivity index (χ1v) is 11.5. The van der Waals surface area contributed by atoms with Gasteiger partial charge in [-0.25, -0.2) is 9.78 Å². The highest BCUT2D eigenvalue weighted by atomic mass is 16.4. The molecule has 0 unspecified atom stereocenters. The van der Waals surface area contributed by atoms with Crippen LogP contribution in [0.1, 0.15) is 27.2 Å². The zero-order valence-electron chi connectivity index (χ0n) is 19.9. The molecule has 6 rings (SSSR count). The number of nitrogens with one attached hydrogen (secondary N) is 1. The number of benzene rings is 3. The average Bonchev–Trinajstić information content (AvgIpc) is 3.28. The first-order chi connectivity index (χ1) is 17.9. The summed E-state index contributed by atoms with van der Waals surface area (Å²) in [6, 6.07) is 19.9. The zero-order valence-corrected chi connectivity index (χ0v) is 19.9. The first kappa shape index (κ1) is 22.2. The first-order valence-electron chi connectivity index (χ1n) is 11.5. The number of H-pyrrole nitrogens is 1. The van der Waals surface area contributed by atoms with E-state index in [-0.39, 0.29) is 11.1 Å².